The topological polar surface area (TPSA) is 90.6 Å². The number of carbonyl (C=O) groups is 2. The van der Waals surface area contributed by atoms with Gasteiger partial charge in [0.2, 0.25) is 0 Å². The number of carbonyl (C=O) groups excluding carboxylic acids is 1. The van der Waals surface area contributed by atoms with E-state index in [1.165, 1.54) is 4.90 Å². The van der Waals surface area contributed by atoms with Gasteiger partial charge in [0, 0.05) is 16.5 Å². The van der Waals surface area contributed by atoms with Crippen molar-refractivity contribution in [1.82, 2.24) is 4.90 Å². The molecule has 4 atom stereocenters. The molecule has 1 amide bonds. The van der Waals surface area contributed by atoms with Crippen molar-refractivity contribution in [3.05, 3.63) is 105 Å². The lowest BCUT2D eigenvalue weighted by molar-refractivity contribution is -0.185. The van der Waals surface area contributed by atoms with E-state index in [-0.39, 0.29) is 18.2 Å². The number of hydrogen-bond donors (Lipinski definition) is 1. The van der Waals surface area contributed by atoms with E-state index in [2.05, 4.69) is 6.07 Å². The van der Waals surface area contributed by atoms with Crippen LogP contribution in [0.15, 0.2) is 72.8 Å². The predicted molar refractivity (Wildman–Crippen MR) is 139 cm³/mol. The molecule has 188 valence electrons. The number of halogens is 2. The average Bonchev–Trinajstić information content (AvgIpc) is 3.73. The second-order valence-electron chi connectivity index (χ2n) is 9.47. The number of morpholine rings is 1. The molecule has 1 saturated heterocycles. The minimum Gasteiger partial charge on any atom is -0.480 e. The van der Waals surface area contributed by atoms with Gasteiger partial charge in [-0.25, -0.2) is 4.79 Å². The molecule has 1 saturated carbocycles. The van der Waals surface area contributed by atoms with Crippen molar-refractivity contribution < 1.29 is 19.4 Å². The number of amides is 1. The van der Waals surface area contributed by atoms with Gasteiger partial charge in [-0.05, 0) is 71.8 Å². The summed E-state index contributed by atoms with van der Waals surface area (Å²) < 4.78 is 6.52. The maximum atomic E-state index is 14.1. The van der Waals surface area contributed by atoms with Crippen molar-refractivity contribution in [1.29, 1.82) is 5.26 Å². The highest BCUT2D eigenvalue weighted by atomic mass is 35.5. The molecule has 3 aromatic rings. The molecule has 5 rings (SSSR count). The molecule has 0 radical (unpaired) electrons. The fourth-order valence-electron chi connectivity index (χ4n) is 5.00. The van der Waals surface area contributed by atoms with E-state index in [1.807, 2.05) is 24.3 Å². The number of aliphatic carboxylic acids is 1. The van der Waals surface area contributed by atoms with E-state index in [9.17, 15) is 14.7 Å². The first kappa shape index (κ1) is 25.3. The zero-order chi connectivity index (χ0) is 26.1. The first-order chi connectivity index (χ1) is 17.9. The number of carboxylic acid groups (broad SMARTS) is 1. The SMILES string of the molecule is N#Cc1ccc(C[C@H]2O[C@H](c3ccc(Cl)cc3)[C@H](c3ccc(Cl)cc3)N([C@@H](C(=O)O)C3CC3)C2=O)cc1. The molecule has 0 bridgehead atoms. The highest BCUT2D eigenvalue weighted by molar-refractivity contribution is 6.30. The molecule has 0 aromatic heterocycles. The molecule has 6 nitrogen and oxygen atoms in total. The molecule has 1 heterocycles. The van der Waals surface area contributed by atoms with Gasteiger partial charge in [0.15, 0.2) is 0 Å². The maximum absolute atomic E-state index is 14.1. The Kier molecular flexibility index (Phi) is 7.21. The van der Waals surface area contributed by atoms with Gasteiger partial charge in [0.1, 0.15) is 18.2 Å². The van der Waals surface area contributed by atoms with Gasteiger partial charge >= 0.3 is 5.97 Å². The quantitative estimate of drug-likeness (QED) is 0.402. The van der Waals surface area contributed by atoms with Crippen molar-refractivity contribution in [2.24, 2.45) is 5.92 Å². The minimum atomic E-state index is -1.02. The fourth-order valence-corrected chi connectivity index (χ4v) is 5.25. The standard InChI is InChI=1S/C29H24Cl2N2O4/c30-22-11-7-19(8-12-22)25-27(21-9-13-23(31)14-10-21)37-24(15-17-1-3-18(16-32)4-2-17)28(34)33(25)26(29(35)36)20-5-6-20/h1-4,7-14,20,24-27H,5-6,15H2,(H,35,36)/t24-,25+,26-,27-/m1/s1. The molecular formula is C29H24Cl2N2O4. The van der Waals surface area contributed by atoms with Crippen LogP contribution in [0.1, 0.15) is 47.2 Å². The second kappa shape index (κ2) is 10.5. The van der Waals surface area contributed by atoms with Gasteiger partial charge in [-0.1, -0.05) is 59.6 Å². The first-order valence-electron chi connectivity index (χ1n) is 12.1. The lowest BCUT2D eigenvalue weighted by Crippen LogP contribution is -2.58. The minimum absolute atomic E-state index is 0.115. The zero-order valence-electron chi connectivity index (χ0n) is 19.8. The molecule has 1 aliphatic carbocycles. The Labute approximate surface area is 225 Å². The van der Waals surface area contributed by atoms with Crippen LogP contribution in [0.2, 0.25) is 10.0 Å². The van der Waals surface area contributed by atoms with Crippen molar-refractivity contribution in [2.45, 2.75) is 43.6 Å². The molecule has 3 aromatic carbocycles. The van der Waals surface area contributed by atoms with Crippen LogP contribution < -0.4 is 0 Å². The average molecular weight is 535 g/mol. The van der Waals surface area contributed by atoms with Crippen LogP contribution in [0.3, 0.4) is 0 Å². The fraction of sp³-hybridized carbons (Fsp3) is 0.276. The number of nitriles is 1. The van der Waals surface area contributed by atoms with Gasteiger partial charge in [-0.3, -0.25) is 4.79 Å². The van der Waals surface area contributed by atoms with Crippen molar-refractivity contribution >= 4 is 35.1 Å². The Hall–Kier alpha value is -3.37. The summed E-state index contributed by atoms with van der Waals surface area (Å²) in [7, 11) is 0. The number of rotatable bonds is 7. The Balaban J connectivity index is 1.61. The third-order valence-corrected chi connectivity index (χ3v) is 7.47. The van der Waals surface area contributed by atoms with Gasteiger partial charge in [0.05, 0.1) is 17.7 Å². The van der Waals surface area contributed by atoms with Crippen LogP contribution in [-0.2, 0) is 20.7 Å². The van der Waals surface area contributed by atoms with E-state index in [0.717, 1.165) is 29.5 Å². The number of hydrogen-bond acceptors (Lipinski definition) is 4. The van der Waals surface area contributed by atoms with E-state index in [1.54, 1.807) is 48.5 Å². The zero-order valence-corrected chi connectivity index (χ0v) is 21.3. The van der Waals surface area contributed by atoms with Crippen molar-refractivity contribution in [3.8, 4) is 6.07 Å². The molecule has 2 aliphatic rings. The van der Waals surface area contributed by atoms with Crippen molar-refractivity contribution in [3.63, 3.8) is 0 Å². The summed E-state index contributed by atoms with van der Waals surface area (Å²) in [4.78, 5) is 28.2. The second-order valence-corrected chi connectivity index (χ2v) is 10.3. The Morgan fingerprint density at radius 2 is 1.54 bits per heavy atom. The highest BCUT2D eigenvalue weighted by Gasteiger charge is 2.52. The normalized spacial score (nSPS) is 22.4. The van der Waals surface area contributed by atoms with E-state index < -0.39 is 30.3 Å². The van der Waals surface area contributed by atoms with Crippen LogP contribution >= 0.6 is 23.2 Å². The molecule has 2 fully saturated rings. The molecule has 0 unspecified atom stereocenters. The summed E-state index contributed by atoms with van der Waals surface area (Å²) in [6.07, 6.45) is 0.204. The smallest absolute Gasteiger partial charge is 0.326 e. The third-order valence-electron chi connectivity index (χ3n) is 6.96. The Morgan fingerprint density at radius 3 is 2.05 bits per heavy atom. The third kappa shape index (κ3) is 5.35. The van der Waals surface area contributed by atoms with Crippen LogP contribution in [0.4, 0.5) is 0 Å². The Bertz CT molecular complexity index is 1330. The molecule has 1 N–H and O–H groups in total. The van der Waals surface area contributed by atoms with Crippen LogP contribution in [0.5, 0.6) is 0 Å². The summed E-state index contributed by atoms with van der Waals surface area (Å²) in [6.45, 7) is 0. The maximum Gasteiger partial charge on any atom is 0.326 e. The van der Waals surface area contributed by atoms with Crippen LogP contribution in [0.25, 0.3) is 0 Å². The van der Waals surface area contributed by atoms with Crippen LogP contribution in [0, 0.1) is 17.2 Å². The van der Waals surface area contributed by atoms with Crippen molar-refractivity contribution in [2.75, 3.05) is 0 Å². The van der Waals surface area contributed by atoms with Gasteiger partial charge < -0.3 is 14.7 Å². The van der Waals surface area contributed by atoms with Gasteiger partial charge in [-0.2, -0.15) is 5.26 Å². The first-order valence-corrected chi connectivity index (χ1v) is 12.8. The highest BCUT2D eigenvalue weighted by Crippen LogP contribution is 2.47. The Morgan fingerprint density at radius 1 is 0.973 bits per heavy atom. The summed E-state index contributed by atoms with van der Waals surface area (Å²) in [6, 6.07) is 21.7. The number of nitrogens with zero attached hydrogens (tertiary/aromatic N) is 2. The summed E-state index contributed by atoms with van der Waals surface area (Å²) in [5, 5.41) is 20.5. The molecule has 8 heteroatoms. The largest absolute Gasteiger partial charge is 0.480 e. The molecular weight excluding hydrogens is 511 g/mol. The summed E-state index contributed by atoms with van der Waals surface area (Å²) >= 11 is 12.3. The number of carboxylic acids is 1. The monoisotopic (exact) mass is 534 g/mol. The summed E-state index contributed by atoms with van der Waals surface area (Å²) in [5.74, 6) is -1.51. The molecule has 0 spiro atoms. The predicted octanol–water partition coefficient (Wildman–Crippen LogP) is 5.98. The van der Waals surface area contributed by atoms with Gasteiger partial charge in [-0.15, -0.1) is 0 Å². The lowest BCUT2D eigenvalue weighted by atomic mass is 9.88. The molecule has 37 heavy (non-hydrogen) atoms. The number of ether oxygens (including phenoxy) is 1. The summed E-state index contributed by atoms with van der Waals surface area (Å²) in [5.41, 5.74) is 2.85. The van der Waals surface area contributed by atoms with E-state index in [4.69, 9.17) is 33.2 Å². The number of benzene rings is 3. The lowest BCUT2D eigenvalue weighted by Gasteiger charge is -2.47. The van der Waals surface area contributed by atoms with Crippen LogP contribution in [-0.4, -0.2) is 34.0 Å². The van der Waals surface area contributed by atoms with Gasteiger partial charge in [0.25, 0.3) is 5.91 Å². The van der Waals surface area contributed by atoms with E-state index >= 15 is 0 Å². The van der Waals surface area contributed by atoms with E-state index in [0.29, 0.717) is 15.6 Å². The molecule has 1 aliphatic heterocycles.